The maximum Gasteiger partial charge on any atom is 0.387 e. The number of hydrogen-bond donors (Lipinski definition) is 2. The number of halogens is 2. The van der Waals surface area contributed by atoms with Gasteiger partial charge < -0.3 is 15.4 Å². The second kappa shape index (κ2) is 9.75. The molecule has 1 amide bonds. The van der Waals surface area contributed by atoms with Crippen LogP contribution in [0.5, 0.6) is 5.75 Å². The smallest absolute Gasteiger partial charge is 0.387 e. The van der Waals surface area contributed by atoms with Crippen LogP contribution in [0.1, 0.15) is 30.9 Å². The number of hydrogen-bond acceptors (Lipinski definition) is 3. The van der Waals surface area contributed by atoms with Crippen molar-refractivity contribution < 1.29 is 18.3 Å². The Labute approximate surface area is 152 Å². The Morgan fingerprint density at radius 1 is 1.04 bits per heavy atom. The molecule has 0 aromatic heterocycles. The monoisotopic (exact) mass is 362 g/mol. The summed E-state index contributed by atoms with van der Waals surface area (Å²) in [6.45, 7) is 2.13. The molecule has 4 nitrogen and oxygen atoms in total. The van der Waals surface area contributed by atoms with Crippen molar-refractivity contribution in [3.05, 3.63) is 59.7 Å². The Hall–Kier alpha value is -2.63. The summed E-state index contributed by atoms with van der Waals surface area (Å²) in [5, 5.41) is 5.79. The zero-order valence-corrected chi connectivity index (χ0v) is 15.0. The molecular weight excluding hydrogens is 338 g/mol. The second-order valence-electron chi connectivity index (χ2n) is 6.25. The van der Waals surface area contributed by atoms with E-state index < -0.39 is 6.61 Å². The van der Waals surface area contributed by atoms with Gasteiger partial charge in [-0.3, -0.25) is 4.79 Å². The molecule has 140 valence electrons. The van der Waals surface area contributed by atoms with Crippen LogP contribution in [0, 0.1) is 0 Å². The molecule has 0 aliphatic heterocycles. The van der Waals surface area contributed by atoms with Crippen LogP contribution in [0.4, 0.5) is 14.5 Å². The molecule has 0 saturated heterocycles. The lowest BCUT2D eigenvalue weighted by Gasteiger charge is -2.10. The SMILES string of the molecule is CC(C)c1ccc(CCNC(=O)CNc2ccc(OC(F)F)cc2)cc1. The van der Waals surface area contributed by atoms with E-state index in [4.69, 9.17) is 0 Å². The quantitative estimate of drug-likeness (QED) is 0.703. The molecule has 2 aromatic rings. The summed E-state index contributed by atoms with van der Waals surface area (Å²) in [7, 11) is 0. The van der Waals surface area contributed by atoms with E-state index in [9.17, 15) is 13.6 Å². The van der Waals surface area contributed by atoms with Gasteiger partial charge in [0.2, 0.25) is 5.91 Å². The third-order valence-electron chi connectivity index (χ3n) is 3.91. The summed E-state index contributed by atoms with van der Waals surface area (Å²) < 4.78 is 28.4. The van der Waals surface area contributed by atoms with Gasteiger partial charge in [-0.2, -0.15) is 8.78 Å². The molecule has 0 aliphatic carbocycles. The van der Waals surface area contributed by atoms with E-state index in [0.717, 1.165) is 6.42 Å². The van der Waals surface area contributed by atoms with Crippen LogP contribution in [0.25, 0.3) is 0 Å². The van der Waals surface area contributed by atoms with Crippen molar-refractivity contribution in [3.8, 4) is 5.75 Å². The average Bonchev–Trinajstić information content (AvgIpc) is 2.61. The molecule has 0 spiro atoms. The number of ether oxygens (including phenoxy) is 1. The highest BCUT2D eigenvalue weighted by atomic mass is 19.3. The molecule has 0 radical (unpaired) electrons. The van der Waals surface area contributed by atoms with E-state index in [1.54, 1.807) is 12.1 Å². The third-order valence-corrected chi connectivity index (χ3v) is 3.91. The fourth-order valence-corrected chi connectivity index (χ4v) is 2.41. The molecular formula is C20H24F2N2O2. The molecule has 0 heterocycles. The first kappa shape index (κ1) is 19.7. The highest BCUT2D eigenvalue weighted by Gasteiger charge is 2.05. The van der Waals surface area contributed by atoms with Gasteiger partial charge in [0.05, 0.1) is 6.54 Å². The lowest BCUT2D eigenvalue weighted by Crippen LogP contribution is -2.31. The standard InChI is InChI=1S/C20H24F2N2O2/c1-14(2)16-5-3-15(4-6-16)11-12-23-19(25)13-24-17-7-9-18(10-8-17)26-20(21)22/h3-10,14,20,24H,11-13H2,1-2H3,(H,23,25). The number of amides is 1. The van der Waals surface area contributed by atoms with Crippen molar-refractivity contribution in [2.24, 2.45) is 0 Å². The molecule has 2 N–H and O–H groups in total. The first-order chi connectivity index (χ1) is 12.4. The second-order valence-corrected chi connectivity index (χ2v) is 6.25. The first-order valence-electron chi connectivity index (χ1n) is 8.58. The zero-order valence-electron chi connectivity index (χ0n) is 15.0. The largest absolute Gasteiger partial charge is 0.435 e. The normalized spacial score (nSPS) is 10.8. The lowest BCUT2D eigenvalue weighted by atomic mass is 10.0. The summed E-state index contributed by atoms with van der Waals surface area (Å²) >= 11 is 0. The lowest BCUT2D eigenvalue weighted by molar-refractivity contribution is -0.119. The number of carbonyl (C=O) groups is 1. The fourth-order valence-electron chi connectivity index (χ4n) is 2.41. The maximum atomic E-state index is 12.1. The highest BCUT2D eigenvalue weighted by Crippen LogP contribution is 2.17. The number of alkyl halides is 2. The van der Waals surface area contributed by atoms with Gasteiger partial charge in [0.1, 0.15) is 5.75 Å². The molecule has 26 heavy (non-hydrogen) atoms. The van der Waals surface area contributed by atoms with Crippen molar-refractivity contribution in [3.63, 3.8) is 0 Å². The van der Waals surface area contributed by atoms with Crippen LogP contribution < -0.4 is 15.4 Å². The Morgan fingerprint density at radius 2 is 1.69 bits per heavy atom. The summed E-state index contributed by atoms with van der Waals surface area (Å²) in [4.78, 5) is 11.9. The average molecular weight is 362 g/mol. The fraction of sp³-hybridized carbons (Fsp3) is 0.350. The van der Waals surface area contributed by atoms with Crippen molar-refractivity contribution in [2.75, 3.05) is 18.4 Å². The van der Waals surface area contributed by atoms with E-state index in [0.29, 0.717) is 18.2 Å². The molecule has 2 aromatic carbocycles. The predicted octanol–water partition coefficient (Wildman–Crippen LogP) is 4.18. The van der Waals surface area contributed by atoms with Crippen LogP contribution in [0.3, 0.4) is 0 Å². The molecule has 0 aliphatic rings. The third kappa shape index (κ3) is 6.70. The number of carbonyl (C=O) groups excluding carboxylic acids is 1. The van der Waals surface area contributed by atoms with Gasteiger partial charge in [0, 0.05) is 12.2 Å². The number of nitrogens with one attached hydrogen (secondary N) is 2. The topological polar surface area (TPSA) is 50.4 Å². The Kier molecular flexibility index (Phi) is 7.38. The van der Waals surface area contributed by atoms with Gasteiger partial charge >= 0.3 is 6.61 Å². The van der Waals surface area contributed by atoms with Crippen molar-refractivity contribution in [1.29, 1.82) is 0 Å². The van der Waals surface area contributed by atoms with Crippen molar-refractivity contribution >= 4 is 11.6 Å². The Bertz CT molecular complexity index is 686. The number of benzene rings is 2. The van der Waals surface area contributed by atoms with Crippen molar-refractivity contribution in [1.82, 2.24) is 5.32 Å². The van der Waals surface area contributed by atoms with Crippen molar-refractivity contribution in [2.45, 2.75) is 32.8 Å². The van der Waals surface area contributed by atoms with Crippen LogP contribution in [-0.4, -0.2) is 25.6 Å². The van der Waals surface area contributed by atoms with E-state index in [2.05, 4.69) is 53.5 Å². The van der Waals surface area contributed by atoms with E-state index >= 15 is 0 Å². The molecule has 0 fully saturated rings. The summed E-state index contributed by atoms with van der Waals surface area (Å²) in [5.41, 5.74) is 3.13. The minimum absolute atomic E-state index is 0.0819. The van der Waals surface area contributed by atoms with Gasteiger partial charge in [0.15, 0.2) is 0 Å². The van der Waals surface area contributed by atoms with Gasteiger partial charge in [-0.1, -0.05) is 38.1 Å². The van der Waals surface area contributed by atoms with Gasteiger partial charge in [-0.15, -0.1) is 0 Å². The minimum atomic E-state index is -2.85. The maximum absolute atomic E-state index is 12.1. The van der Waals surface area contributed by atoms with E-state index in [-0.39, 0.29) is 18.2 Å². The minimum Gasteiger partial charge on any atom is -0.435 e. The first-order valence-corrected chi connectivity index (χ1v) is 8.58. The van der Waals surface area contributed by atoms with Gasteiger partial charge in [-0.25, -0.2) is 0 Å². The molecule has 0 bridgehead atoms. The van der Waals surface area contributed by atoms with E-state index in [1.807, 2.05) is 0 Å². The van der Waals surface area contributed by atoms with Crippen LogP contribution in [0.15, 0.2) is 48.5 Å². The number of anilines is 1. The molecule has 0 unspecified atom stereocenters. The Balaban J connectivity index is 1.68. The molecule has 6 heteroatoms. The van der Waals surface area contributed by atoms with Gasteiger partial charge in [-0.05, 0) is 47.7 Å². The molecule has 2 rings (SSSR count). The number of rotatable bonds is 9. The van der Waals surface area contributed by atoms with Crippen LogP contribution in [0.2, 0.25) is 0 Å². The summed E-state index contributed by atoms with van der Waals surface area (Å²) in [6.07, 6.45) is 0.768. The Morgan fingerprint density at radius 3 is 2.27 bits per heavy atom. The van der Waals surface area contributed by atoms with Crippen LogP contribution >= 0.6 is 0 Å². The summed E-state index contributed by atoms with van der Waals surface area (Å²) in [5.74, 6) is 0.459. The van der Waals surface area contributed by atoms with Gasteiger partial charge in [0.25, 0.3) is 0 Å². The molecule has 0 atom stereocenters. The van der Waals surface area contributed by atoms with E-state index in [1.165, 1.54) is 23.3 Å². The summed E-state index contributed by atoms with van der Waals surface area (Å²) in [6, 6.07) is 14.4. The van der Waals surface area contributed by atoms with Crippen LogP contribution in [-0.2, 0) is 11.2 Å². The molecule has 0 saturated carbocycles. The highest BCUT2D eigenvalue weighted by molar-refractivity contribution is 5.80. The zero-order chi connectivity index (χ0) is 18.9. The predicted molar refractivity (Wildman–Crippen MR) is 98.8 cm³/mol.